The number of rotatable bonds is 5. The summed E-state index contributed by atoms with van der Waals surface area (Å²) < 4.78 is 10.3. The van der Waals surface area contributed by atoms with Crippen LogP contribution in [0.2, 0.25) is 0 Å². The van der Waals surface area contributed by atoms with Crippen LogP contribution in [0.4, 0.5) is 0 Å². The summed E-state index contributed by atoms with van der Waals surface area (Å²) in [5, 5.41) is 17.1. The van der Waals surface area contributed by atoms with E-state index >= 15 is 0 Å². The highest BCUT2D eigenvalue weighted by Crippen LogP contribution is 2.26. The third-order valence-electron chi connectivity index (χ3n) is 3.34. The normalized spacial score (nSPS) is 13.1. The quantitative estimate of drug-likeness (QED) is 0.884. The minimum atomic E-state index is -0.136. The van der Waals surface area contributed by atoms with E-state index in [9.17, 15) is 5.11 Å². The number of phenolic OH excluding ortho intramolecular Hbond substituents is 1. The Labute approximate surface area is 130 Å². The van der Waals surface area contributed by atoms with Crippen LogP contribution in [0.15, 0.2) is 22.7 Å². The second kappa shape index (κ2) is 6.36. The molecule has 1 atom stereocenters. The molecule has 1 heterocycles. The fourth-order valence-electron chi connectivity index (χ4n) is 1.92. The monoisotopic (exact) mass is 305 g/mol. The molecule has 2 rings (SSSR count). The number of methoxy groups -OCH3 is 1. The van der Waals surface area contributed by atoms with Crippen LogP contribution in [0.3, 0.4) is 0 Å². The molecule has 0 saturated heterocycles. The van der Waals surface area contributed by atoms with Crippen molar-refractivity contribution in [1.82, 2.24) is 15.5 Å². The average Bonchev–Trinajstić information content (AvgIpc) is 2.95. The molecule has 6 nitrogen and oxygen atoms in total. The molecule has 1 aromatic heterocycles. The molecular weight excluding hydrogens is 282 g/mol. The maximum Gasteiger partial charge on any atom is 0.243 e. The van der Waals surface area contributed by atoms with Gasteiger partial charge in [0.1, 0.15) is 0 Å². The van der Waals surface area contributed by atoms with Gasteiger partial charge in [0.05, 0.1) is 13.2 Å². The molecule has 0 bridgehead atoms. The van der Waals surface area contributed by atoms with Gasteiger partial charge in [-0.25, -0.2) is 0 Å². The van der Waals surface area contributed by atoms with Crippen molar-refractivity contribution in [1.29, 1.82) is 0 Å². The molecule has 1 aromatic carbocycles. The summed E-state index contributed by atoms with van der Waals surface area (Å²) in [5.74, 6) is 1.84. The number of hydrogen-bond acceptors (Lipinski definition) is 6. The topological polar surface area (TPSA) is 80.4 Å². The van der Waals surface area contributed by atoms with E-state index in [0.717, 1.165) is 5.56 Å². The van der Waals surface area contributed by atoms with Gasteiger partial charge in [0.15, 0.2) is 17.3 Å². The molecule has 0 fully saturated rings. The second-order valence-corrected chi connectivity index (χ2v) is 6.32. The zero-order chi connectivity index (χ0) is 16.3. The Morgan fingerprint density at radius 1 is 1.36 bits per heavy atom. The molecule has 2 aromatic rings. The van der Waals surface area contributed by atoms with Gasteiger partial charge in [-0.15, -0.1) is 0 Å². The number of ether oxygens (including phenoxy) is 1. The van der Waals surface area contributed by atoms with E-state index in [4.69, 9.17) is 9.26 Å². The number of aromatic nitrogens is 2. The van der Waals surface area contributed by atoms with Crippen molar-refractivity contribution in [3.8, 4) is 11.5 Å². The van der Waals surface area contributed by atoms with Crippen molar-refractivity contribution < 1.29 is 14.4 Å². The van der Waals surface area contributed by atoms with E-state index in [1.54, 1.807) is 12.1 Å². The van der Waals surface area contributed by atoms with Gasteiger partial charge in [-0.2, -0.15) is 4.98 Å². The molecule has 0 amide bonds. The van der Waals surface area contributed by atoms with Crippen molar-refractivity contribution in [2.24, 2.45) is 0 Å². The molecule has 0 saturated carbocycles. The second-order valence-electron chi connectivity index (χ2n) is 6.32. The van der Waals surface area contributed by atoms with Crippen molar-refractivity contribution >= 4 is 0 Å². The lowest BCUT2D eigenvalue weighted by molar-refractivity contribution is 0.330. The Balaban J connectivity index is 1.99. The van der Waals surface area contributed by atoms with Crippen molar-refractivity contribution in [2.45, 2.75) is 45.7 Å². The molecule has 120 valence electrons. The molecule has 0 aliphatic rings. The van der Waals surface area contributed by atoms with Gasteiger partial charge in [-0.3, -0.25) is 0 Å². The molecular formula is C16H23N3O3. The Morgan fingerprint density at radius 3 is 2.64 bits per heavy atom. The maximum atomic E-state index is 9.77. The average molecular weight is 305 g/mol. The third kappa shape index (κ3) is 3.76. The van der Waals surface area contributed by atoms with Crippen LogP contribution in [-0.4, -0.2) is 22.4 Å². The lowest BCUT2D eigenvalue weighted by Crippen LogP contribution is -2.19. The highest BCUT2D eigenvalue weighted by atomic mass is 16.5. The van der Waals surface area contributed by atoms with Crippen molar-refractivity contribution in [2.75, 3.05) is 7.11 Å². The summed E-state index contributed by atoms with van der Waals surface area (Å²) >= 11 is 0. The molecule has 2 N–H and O–H groups in total. The van der Waals surface area contributed by atoms with E-state index in [1.807, 2.05) is 33.8 Å². The Hall–Kier alpha value is -2.08. The minimum absolute atomic E-state index is 0.0761. The van der Waals surface area contributed by atoms with Crippen molar-refractivity contribution in [3.05, 3.63) is 35.5 Å². The summed E-state index contributed by atoms with van der Waals surface area (Å²) in [6.45, 7) is 8.66. The van der Waals surface area contributed by atoms with Gasteiger partial charge in [0, 0.05) is 12.0 Å². The van der Waals surface area contributed by atoms with Crippen molar-refractivity contribution in [3.63, 3.8) is 0 Å². The first-order valence-corrected chi connectivity index (χ1v) is 7.24. The maximum absolute atomic E-state index is 9.77. The van der Waals surface area contributed by atoms with E-state index in [0.29, 0.717) is 24.0 Å². The van der Waals surface area contributed by atoms with E-state index in [1.165, 1.54) is 7.11 Å². The first-order chi connectivity index (χ1) is 10.3. The van der Waals surface area contributed by atoms with Crippen LogP contribution in [0.1, 0.15) is 51.0 Å². The zero-order valence-corrected chi connectivity index (χ0v) is 13.7. The molecule has 0 radical (unpaired) electrons. The van der Waals surface area contributed by atoms with Crippen LogP contribution in [0, 0.1) is 0 Å². The number of aromatic hydroxyl groups is 1. The van der Waals surface area contributed by atoms with E-state index in [-0.39, 0.29) is 17.2 Å². The summed E-state index contributed by atoms with van der Waals surface area (Å²) in [4.78, 5) is 4.43. The largest absolute Gasteiger partial charge is 0.504 e. The summed E-state index contributed by atoms with van der Waals surface area (Å²) in [6, 6.07) is 5.23. The third-order valence-corrected chi connectivity index (χ3v) is 3.34. The smallest absolute Gasteiger partial charge is 0.243 e. The zero-order valence-electron chi connectivity index (χ0n) is 13.7. The molecule has 1 unspecified atom stereocenters. The molecule has 6 heteroatoms. The fraction of sp³-hybridized carbons (Fsp3) is 0.500. The predicted molar refractivity (Wildman–Crippen MR) is 82.9 cm³/mol. The number of benzene rings is 1. The summed E-state index contributed by atoms with van der Waals surface area (Å²) in [7, 11) is 1.53. The number of phenols is 1. The van der Waals surface area contributed by atoms with Crippen LogP contribution in [0.25, 0.3) is 0 Å². The predicted octanol–water partition coefficient (Wildman–Crippen LogP) is 2.93. The van der Waals surface area contributed by atoms with Gasteiger partial charge in [-0.05, 0) is 24.6 Å². The van der Waals surface area contributed by atoms with E-state index in [2.05, 4.69) is 15.5 Å². The first-order valence-electron chi connectivity index (χ1n) is 7.24. The van der Waals surface area contributed by atoms with E-state index < -0.39 is 0 Å². The number of hydrogen-bond donors (Lipinski definition) is 2. The molecule has 0 spiro atoms. The summed E-state index contributed by atoms with van der Waals surface area (Å²) in [6.07, 6.45) is 0. The lowest BCUT2D eigenvalue weighted by Gasteiger charge is -2.12. The number of nitrogens with one attached hydrogen (secondary N) is 1. The standard InChI is InChI=1S/C16H23N3O3/c1-10(14-18-15(19-22-14)16(2,3)4)17-9-11-6-7-13(21-5)12(20)8-11/h6-8,10,17,20H,9H2,1-5H3. The molecule has 0 aliphatic carbocycles. The van der Waals surface area contributed by atoms with Gasteiger partial charge < -0.3 is 19.7 Å². The van der Waals surface area contributed by atoms with Crippen LogP contribution >= 0.6 is 0 Å². The first kappa shape index (κ1) is 16.3. The molecule has 0 aliphatic heterocycles. The number of nitrogens with zero attached hydrogens (tertiary/aromatic N) is 2. The van der Waals surface area contributed by atoms with Crippen LogP contribution in [0.5, 0.6) is 11.5 Å². The Morgan fingerprint density at radius 2 is 2.09 bits per heavy atom. The van der Waals surface area contributed by atoms with Gasteiger partial charge in [0.2, 0.25) is 5.89 Å². The fourth-order valence-corrected chi connectivity index (χ4v) is 1.92. The highest BCUT2D eigenvalue weighted by Gasteiger charge is 2.22. The lowest BCUT2D eigenvalue weighted by atomic mass is 9.96. The van der Waals surface area contributed by atoms with Gasteiger partial charge in [-0.1, -0.05) is 32.0 Å². The minimum Gasteiger partial charge on any atom is -0.504 e. The SMILES string of the molecule is COc1ccc(CNC(C)c2nc(C(C)(C)C)no2)cc1O. The molecule has 22 heavy (non-hydrogen) atoms. The van der Waals surface area contributed by atoms with Crippen LogP contribution in [-0.2, 0) is 12.0 Å². The van der Waals surface area contributed by atoms with Crippen LogP contribution < -0.4 is 10.1 Å². The summed E-state index contributed by atoms with van der Waals surface area (Å²) in [5.41, 5.74) is 0.809. The Bertz CT molecular complexity index is 632. The highest BCUT2D eigenvalue weighted by molar-refractivity contribution is 5.41. The Kier molecular flexibility index (Phi) is 4.71. The van der Waals surface area contributed by atoms with Gasteiger partial charge >= 0.3 is 0 Å². The van der Waals surface area contributed by atoms with Gasteiger partial charge in [0.25, 0.3) is 0 Å².